The highest BCUT2D eigenvalue weighted by molar-refractivity contribution is 5.92. The second kappa shape index (κ2) is 10.6. The molecule has 0 radical (unpaired) electrons. The zero-order valence-electron chi connectivity index (χ0n) is 16.6. The van der Waals surface area contributed by atoms with Gasteiger partial charge in [-0.3, -0.25) is 9.69 Å². The van der Waals surface area contributed by atoms with Crippen molar-refractivity contribution in [3.8, 4) is 0 Å². The number of carbonyl (C=O) groups is 1. The Hall–Kier alpha value is -2.73. The molecule has 0 unspecified atom stereocenters. The Labute approximate surface area is 167 Å². The van der Waals surface area contributed by atoms with Crippen molar-refractivity contribution >= 4 is 17.8 Å². The molecule has 28 heavy (non-hydrogen) atoms. The number of hydrogen-bond donors (Lipinski definition) is 1. The summed E-state index contributed by atoms with van der Waals surface area (Å²) in [4.78, 5) is 25.4. The van der Waals surface area contributed by atoms with Crippen LogP contribution in [-0.2, 0) is 0 Å². The van der Waals surface area contributed by atoms with Crippen LogP contribution in [0.15, 0.2) is 48.8 Å². The van der Waals surface area contributed by atoms with Crippen molar-refractivity contribution in [2.24, 2.45) is 0 Å². The van der Waals surface area contributed by atoms with Crippen LogP contribution < -0.4 is 10.2 Å². The molecule has 1 amide bonds. The van der Waals surface area contributed by atoms with Crippen molar-refractivity contribution in [2.75, 3.05) is 44.2 Å². The molecule has 0 saturated carbocycles. The molecule has 148 valence electrons. The molecule has 1 aliphatic rings. The van der Waals surface area contributed by atoms with E-state index in [4.69, 9.17) is 0 Å². The van der Waals surface area contributed by atoms with E-state index in [9.17, 15) is 4.79 Å². The lowest BCUT2D eigenvalue weighted by Gasteiger charge is -2.34. The van der Waals surface area contributed by atoms with Crippen molar-refractivity contribution < 1.29 is 4.79 Å². The van der Waals surface area contributed by atoms with Crippen LogP contribution in [0.2, 0.25) is 0 Å². The summed E-state index contributed by atoms with van der Waals surface area (Å²) in [5.74, 6) is 0.705. The third kappa shape index (κ3) is 5.89. The van der Waals surface area contributed by atoms with Crippen molar-refractivity contribution in [3.05, 3.63) is 60.1 Å². The van der Waals surface area contributed by atoms with Crippen LogP contribution in [0.4, 0.5) is 5.82 Å². The van der Waals surface area contributed by atoms with Crippen LogP contribution in [0.5, 0.6) is 0 Å². The van der Waals surface area contributed by atoms with Gasteiger partial charge < -0.3 is 10.2 Å². The molecular formula is C22H29N5O. The predicted molar refractivity (Wildman–Crippen MR) is 113 cm³/mol. The van der Waals surface area contributed by atoms with Crippen LogP contribution in [0.1, 0.15) is 35.8 Å². The van der Waals surface area contributed by atoms with Crippen LogP contribution in [0.25, 0.3) is 6.08 Å². The van der Waals surface area contributed by atoms with Crippen LogP contribution in [-0.4, -0.2) is 60.0 Å². The molecule has 2 aromatic rings. The monoisotopic (exact) mass is 379 g/mol. The van der Waals surface area contributed by atoms with Gasteiger partial charge in [0.1, 0.15) is 17.8 Å². The number of aromatic nitrogens is 2. The molecule has 1 saturated heterocycles. The topological polar surface area (TPSA) is 61.4 Å². The summed E-state index contributed by atoms with van der Waals surface area (Å²) in [7, 11) is 0. The van der Waals surface area contributed by atoms with Crippen molar-refractivity contribution in [1.82, 2.24) is 20.2 Å². The number of unbranched alkanes of at least 4 members (excludes halogenated alkanes) is 1. The molecule has 0 bridgehead atoms. The van der Waals surface area contributed by atoms with Gasteiger partial charge in [-0.15, -0.1) is 0 Å². The van der Waals surface area contributed by atoms with Gasteiger partial charge in [-0.1, -0.05) is 55.8 Å². The summed E-state index contributed by atoms with van der Waals surface area (Å²) in [6, 6.07) is 12.2. The Morgan fingerprint density at radius 2 is 1.93 bits per heavy atom. The predicted octanol–water partition coefficient (Wildman–Crippen LogP) is 2.84. The Bertz CT molecular complexity index is 770. The minimum absolute atomic E-state index is 0.123. The Kier molecular flexibility index (Phi) is 7.55. The van der Waals surface area contributed by atoms with E-state index in [2.05, 4.69) is 68.4 Å². The van der Waals surface area contributed by atoms with E-state index < -0.39 is 0 Å². The summed E-state index contributed by atoms with van der Waals surface area (Å²) in [5.41, 5.74) is 1.67. The Balaban J connectivity index is 1.48. The Morgan fingerprint density at radius 1 is 1.14 bits per heavy atom. The highest BCUT2D eigenvalue weighted by Crippen LogP contribution is 2.14. The number of piperazine rings is 1. The van der Waals surface area contributed by atoms with Gasteiger partial charge in [0.25, 0.3) is 5.91 Å². The molecule has 0 spiro atoms. The van der Waals surface area contributed by atoms with E-state index >= 15 is 0 Å². The summed E-state index contributed by atoms with van der Waals surface area (Å²) in [6.45, 7) is 7.47. The van der Waals surface area contributed by atoms with Crippen LogP contribution in [0, 0.1) is 0 Å². The first-order valence-corrected chi connectivity index (χ1v) is 10.1. The standard InChI is InChI=1S/C22H29N5O/c1-2-3-11-23-22(28)20-17-21(25-18-24-20)27-15-13-26(14-16-27)12-7-10-19-8-5-4-6-9-19/h4-10,17-18H,2-3,11-16H2,1H3,(H,23,28)/b10-7+. The average molecular weight is 380 g/mol. The van der Waals surface area contributed by atoms with Crippen LogP contribution >= 0.6 is 0 Å². The molecule has 1 fully saturated rings. The zero-order valence-corrected chi connectivity index (χ0v) is 16.6. The number of nitrogens with zero attached hydrogens (tertiary/aromatic N) is 4. The molecule has 6 heteroatoms. The maximum atomic E-state index is 12.2. The molecule has 0 atom stereocenters. The minimum Gasteiger partial charge on any atom is -0.354 e. The van der Waals surface area contributed by atoms with Gasteiger partial charge in [0, 0.05) is 45.3 Å². The highest BCUT2D eigenvalue weighted by atomic mass is 16.1. The van der Waals surface area contributed by atoms with Crippen molar-refractivity contribution in [3.63, 3.8) is 0 Å². The van der Waals surface area contributed by atoms with Crippen molar-refractivity contribution in [1.29, 1.82) is 0 Å². The molecule has 1 aliphatic heterocycles. The maximum absolute atomic E-state index is 12.2. The minimum atomic E-state index is -0.123. The fraction of sp³-hybridized carbons (Fsp3) is 0.409. The molecule has 1 aromatic heterocycles. The lowest BCUT2D eigenvalue weighted by Crippen LogP contribution is -2.46. The first-order chi connectivity index (χ1) is 13.8. The highest BCUT2D eigenvalue weighted by Gasteiger charge is 2.18. The van der Waals surface area contributed by atoms with Crippen molar-refractivity contribution in [2.45, 2.75) is 19.8 Å². The van der Waals surface area contributed by atoms with E-state index in [0.29, 0.717) is 12.2 Å². The van der Waals surface area contributed by atoms with E-state index in [1.807, 2.05) is 6.07 Å². The second-order valence-corrected chi connectivity index (χ2v) is 6.97. The molecule has 1 N–H and O–H groups in total. The van der Waals surface area contributed by atoms with Crippen LogP contribution in [0.3, 0.4) is 0 Å². The number of benzene rings is 1. The zero-order chi connectivity index (χ0) is 19.6. The maximum Gasteiger partial charge on any atom is 0.270 e. The smallest absolute Gasteiger partial charge is 0.270 e. The molecule has 6 nitrogen and oxygen atoms in total. The lowest BCUT2D eigenvalue weighted by atomic mass is 10.2. The fourth-order valence-electron chi connectivity index (χ4n) is 3.17. The summed E-state index contributed by atoms with van der Waals surface area (Å²) >= 11 is 0. The van der Waals surface area contributed by atoms with Gasteiger partial charge in [0.05, 0.1) is 0 Å². The van der Waals surface area contributed by atoms with Gasteiger partial charge in [0.2, 0.25) is 0 Å². The third-order valence-electron chi connectivity index (χ3n) is 4.87. The first kappa shape index (κ1) is 20.0. The quantitative estimate of drug-likeness (QED) is 0.715. The van der Waals surface area contributed by atoms with Gasteiger partial charge in [-0.05, 0) is 12.0 Å². The first-order valence-electron chi connectivity index (χ1n) is 10.1. The number of nitrogens with one attached hydrogen (secondary N) is 1. The van der Waals surface area contributed by atoms with E-state index in [0.717, 1.165) is 51.4 Å². The number of hydrogen-bond acceptors (Lipinski definition) is 5. The molecule has 3 rings (SSSR count). The number of amides is 1. The summed E-state index contributed by atoms with van der Waals surface area (Å²) < 4.78 is 0. The largest absolute Gasteiger partial charge is 0.354 e. The number of anilines is 1. The Morgan fingerprint density at radius 3 is 2.68 bits per heavy atom. The van der Waals surface area contributed by atoms with E-state index in [1.54, 1.807) is 6.07 Å². The van der Waals surface area contributed by atoms with Gasteiger partial charge in [0.15, 0.2) is 0 Å². The second-order valence-electron chi connectivity index (χ2n) is 6.97. The van der Waals surface area contributed by atoms with Gasteiger partial charge in [-0.2, -0.15) is 0 Å². The lowest BCUT2D eigenvalue weighted by molar-refractivity contribution is 0.0948. The SMILES string of the molecule is CCCCNC(=O)c1cc(N2CCN(C/C=C/c3ccccc3)CC2)ncn1. The van der Waals surface area contributed by atoms with Gasteiger partial charge in [-0.25, -0.2) is 9.97 Å². The normalized spacial score (nSPS) is 15.1. The molecular weight excluding hydrogens is 350 g/mol. The number of carbonyl (C=O) groups excluding carboxylic acids is 1. The van der Waals surface area contributed by atoms with Gasteiger partial charge >= 0.3 is 0 Å². The molecule has 1 aromatic carbocycles. The fourth-order valence-corrected chi connectivity index (χ4v) is 3.17. The summed E-state index contributed by atoms with van der Waals surface area (Å²) in [6.07, 6.45) is 7.90. The third-order valence-corrected chi connectivity index (χ3v) is 4.87. The number of rotatable bonds is 8. The molecule has 2 heterocycles. The van der Waals surface area contributed by atoms with E-state index in [-0.39, 0.29) is 5.91 Å². The molecule has 0 aliphatic carbocycles. The van der Waals surface area contributed by atoms with E-state index in [1.165, 1.54) is 11.9 Å². The average Bonchev–Trinajstić information content (AvgIpc) is 2.75. The summed E-state index contributed by atoms with van der Waals surface area (Å²) in [5, 5.41) is 2.91.